The lowest BCUT2D eigenvalue weighted by atomic mass is 10.2. The number of carbonyl (C=O) groups excluding carboxylic acids is 1. The minimum absolute atomic E-state index is 0.314. The molecule has 0 spiro atoms. The third-order valence-corrected chi connectivity index (χ3v) is 2.73. The van der Waals surface area contributed by atoms with E-state index < -0.39 is 17.3 Å². The number of pyridine rings is 1. The molecule has 2 heterocycles. The Morgan fingerprint density at radius 2 is 2.26 bits per heavy atom. The van der Waals surface area contributed by atoms with Crippen molar-refractivity contribution < 1.29 is 9.90 Å². The first-order valence-corrected chi connectivity index (χ1v) is 6.04. The van der Waals surface area contributed by atoms with Crippen molar-refractivity contribution in [1.82, 2.24) is 14.7 Å². The fourth-order valence-electron chi connectivity index (χ4n) is 1.75. The van der Waals surface area contributed by atoms with Crippen molar-refractivity contribution >= 4 is 11.6 Å². The molecular formula is C13H15N3O3. The number of amides is 1. The molecule has 0 aromatic carbocycles. The Morgan fingerprint density at radius 3 is 2.95 bits per heavy atom. The van der Waals surface area contributed by atoms with Crippen LogP contribution < -0.4 is 10.9 Å². The largest absolute Gasteiger partial charge is 0.493 e. The highest BCUT2D eigenvalue weighted by Gasteiger charge is 2.19. The molecule has 0 saturated heterocycles. The molecule has 100 valence electrons. The highest BCUT2D eigenvalue weighted by molar-refractivity contribution is 5.96. The zero-order valence-electron chi connectivity index (χ0n) is 10.8. The fourth-order valence-corrected chi connectivity index (χ4v) is 1.75. The summed E-state index contributed by atoms with van der Waals surface area (Å²) in [5, 5.41) is 12.3. The van der Waals surface area contributed by atoms with Crippen LogP contribution in [0.4, 0.5) is 0 Å². The van der Waals surface area contributed by atoms with Crippen LogP contribution in [0.25, 0.3) is 5.65 Å². The van der Waals surface area contributed by atoms with Gasteiger partial charge in [-0.1, -0.05) is 6.92 Å². The van der Waals surface area contributed by atoms with Crippen LogP contribution in [0.2, 0.25) is 0 Å². The third kappa shape index (κ3) is 2.42. The van der Waals surface area contributed by atoms with E-state index >= 15 is 0 Å². The Balaban J connectivity index is 2.60. The van der Waals surface area contributed by atoms with Gasteiger partial charge in [0.25, 0.3) is 11.5 Å². The average molecular weight is 261 g/mol. The second-order valence-electron chi connectivity index (χ2n) is 4.30. The lowest BCUT2D eigenvalue weighted by molar-refractivity contribution is 0.0948. The van der Waals surface area contributed by atoms with Gasteiger partial charge in [0.15, 0.2) is 5.56 Å². The van der Waals surface area contributed by atoms with E-state index in [1.807, 2.05) is 13.8 Å². The minimum Gasteiger partial charge on any atom is -0.493 e. The van der Waals surface area contributed by atoms with Crippen LogP contribution in [-0.4, -0.2) is 26.9 Å². The quantitative estimate of drug-likeness (QED) is 0.858. The molecule has 0 bridgehead atoms. The number of nitrogens with zero attached hydrogens (tertiary/aromatic N) is 2. The molecule has 0 aliphatic rings. The van der Waals surface area contributed by atoms with Crippen molar-refractivity contribution in [3.05, 3.63) is 39.8 Å². The number of aryl methyl sites for hydroxylation is 1. The monoisotopic (exact) mass is 261 g/mol. The summed E-state index contributed by atoms with van der Waals surface area (Å²) in [6.07, 6.45) is 2.28. The standard InChI is InChI=1S/C13H15N3O3/c1-3-5-14-11(17)10-12(18)15-9-7-8(2)4-6-16(9)13(10)19/h4,6-7,18H,3,5H2,1-2H3,(H,14,17). The van der Waals surface area contributed by atoms with E-state index in [0.717, 1.165) is 12.0 Å². The number of hydrogen-bond donors (Lipinski definition) is 2. The first-order valence-electron chi connectivity index (χ1n) is 6.04. The maximum absolute atomic E-state index is 12.2. The average Bonchev–Trinajstić information content (AvgIpc) is 2.35. The minimum atomic E-state index is -0.605. The molecule has 6 nitrogen and oxygen atoms in total. The van der Waals surface area contributed by atoms with E-state index in [0.29, 0.717) is 12.2 Å². The van der Waals surface area contributed by atoms with Crippen molar-refractivity contribution in [3.8, 4) is 5.88 Å². The summed E-state index contributed by atoms with van der Waals surface area (Å²) in [4.78, 5) is 27.9. The van der Waals surface area contributed by atoms with Gasteiger partial charge < -0.3 is 10.4 Å². The molecule has 2 rings (SSSR count). The molecule has 19 heavy (non-hydrogen) atoms. The Kier molecular flexibility index (Phi) is 3.50. The van der Waals surface area contributed by atoms with Gasteiger partial charge in [0.05, 0.1) is 0 Å². The molecule has 0 aliphatic heterocycles. The maximum atomic E-state index is 12.2. The van der Waals surface area contributed by atoms with Crippen molar-refractivity contribution in [2.45, 2.75) is 20.3 Å². The van der Waals surface area contributed by atoms with Gasteiger partial charge in [-0.2, -0.15) is 4.98 Å². The number of carbonyl (C=O) groups is 1. The summed E-state index contributed by atoms with van der Waals surface area (Å²) in [5.41, 5.74) is 0.329. The first kappa shape index (κ1) is 13.1. The van der Waals surface area contributed by atoms with Crippen molar-refractivity contribution in [2.24, 2.45) is 0 Å². The number of nitrogens with one attached hydrogen (secondary N) is 1. The van der Waals surface area contributed by atoms with Gasteiger partial charge in [0, 0.05) is 12.7 Å². The number of fused-ring (bicyclic) bond motifs is 1. The van der Waals surface area contributed by atoms with E-state index in [1.165, 1.54) is 10.6 Å². The van der Waals surface area contributed by atoms with Crippen molar-refractivity contribution in [3.63, 3.8) is 0 Å². The second-order valence-corrected chi connectivity index (χ2v) is 4.30. The molecule has 0 unspecified atom stereocenters. The molecule has 6 heteroatoms. The molecule has 1 amide bonds. The molecule has 0 radical (unpaired) electrons. The number of aromatic hydroxyl groups is 1. The van der Waals surface area contributed by atoms with Gasteiger partial charge in [-0.25, -0.2) is 0 Å². The van der Waals surface area contributed by atoms with Crippen LogP contribution in [0.5, 0.6) is 5.88 Å². The van der Waals surface area contributed by atoms with Gasteiger partial charge >= 0.3 is 0 Å². The Morgan fingerprint density at radius 1 is 1.53 bits per heavy atom. The molecule has 2 aromatic rings. The summed E-state index contributed by atoms with van der Waals surface area (Å²) < 4.78 is 1.24. The van der Waals surface area contributed by atoms with Crippen LogP contribution >= 0.6 is 0 Å². The van der Waals surface area contributed by atoms with E-state index in [2.05, 4.69) is 10.3 Å². The molecular weight excluding hydrogens is 246 g/mol. The van der Waals surface area contributed by atoms with Crippen molar-refractivity contribution in [2.75, 3.05) is 6.54 Å². The Bertz CT molecular complexity index is 691. The maximum Gasteiger partial charge on any atom is 0.274 e. The summed E-state index contributed by atoms with van der Waals surface area (Å²) in [7, 11) is 0. The predicted molar refractivity (Wildman–Crippen MR) is 70.5 cm³/mol. The molecule has 0 atom stereocenters. The van der Waals surface area contributed by atoms with Gasteiger partial charge in [0.1, 0.15) is 5.65 Å². The van der Waals surface area contributed by atoms with Crippen LogP contribution in [0.1, 0.15) is 29.3 Å². The van der Waals surface area contributed by atoms with Gasteiger partial charge in [-0.05, 0) is 31.0 Å². The molecule has 0 saturated carbocycles. The van der Waals surface area contributed by atoms with E-state index in [1.54, 1.807) is 12.1 Å². The fraction of sp³-hybridized carbons (Fsp3) is 0.308. The molecule has 0 aliphatic carbocycles. The van der Waals surface area contributed by atoms with Gasteiger partial charge in [-0.15, -0.1) is 0 Å². The van der Waals surface area contributed by atoms with Crippen LogP contribution in [0.15, 0.2) is 23.1 Å². The van der Waals surface area contributed by atoms with Crippen LogP contribution in [0.3, 0.4) is 0 Å². The van der Waals surface area contributed by atoms with Crippen molar-refractivity contribution in [1.29, 1.82) is 0 Å². The van der Waals surface area contributed by atoms with Gasteiger partial charge in [-0.3, -0.25) is 14.0 Å². The normalized spacial score (nSPS) is 10.6. The second kappa shape index (κ2) is 5.09. The molecule has 2 aromatic heterocycles. The predicted octanol–water partition coefficient (Wildman–Crippen LogP) is 0.848. The zero-order valence-corrected chi connectivity index (χ0v) is 10.8. The lowest BCUT2D eigenvalue weighted by Gasteiger charge is -2.07. The van der Waals surface area contributed by atoms with Crippen LogP contribution in [0, 0.1) is 6.92 Å². The summed E-state index contributed by atoms with van der Waals surface area (Å²) in [6, 6.07) is 3.40. The van der Waals surface area contributed by atoms with Crippen LogP contribution in [-0.2, 0) is 0 Å². The first-order chi connectivity index (χ1) is 9.04. The summed E-state index contributed by atoms with van der Waals surface area (Å²) in [6.45, 7) is 4.19. The van der Waals surface area contributed by atoms with E-state index in [-0.39, 0.29) is 5.56 Å². The highest BCUT2D eigenvalue weighted by atomic mass is 16.3. The zero-order chi connectivity index (χ0) is 14.0. The van der Waals surface area contributed by atoms with Gasteiger partial charge in [0.2, 0.25) is 5.88 Å². The Labute approximate surface area is 109 Å². The third-order valence-electron chi connectivity index (χ3n) is 2.73. The summed E-state index contributed by atoms with van der Waals surface area (Å²) in [5.74, 6) is -1.14. The topological polar surface area (TPSA) is 83.7 Å². The smallest absolute Gasteiger partial charge is 0.274 e. The van der Waals surface area contributed by atoms with E-state index in [9.17, 15) is 14.7 Å². The van der Waals surface area contributed by atoms with E-state index in [4.69, 9.17) is 0 Å². The summed E-state index contributed by atoms with van der Waals surface area (Å²) >= 11 is 0. The molecule has 0 fully saturated rings. The SMILES string of the molecule is CCCNC(=O)c1c(O)nc2cc(C)ccn2c1=O. The number of hydrogen-bond acceptors (Lipinski definition) is 4. The Hall–Kier alpha value is -2.37. The highest BCUT2D eigenvalue weighted by Crippen LogP contribution is 2.12. The number of rotatable bonds is 3. The number of aromatic nitrogens is 2. The lowest BCUT2D eigenvalue weighted by Crippen LogP contribution is -2.32. The molecule has 2 N–H and O–H groups in total.